The van der Waals surface area contributed by atoms with Gasteiger partial charge in [-0.2, -0.15) is 0 Å². The highest BCUT2D eigenvalue weighted by Crippen LogP contribution is 2.55. The van der Waals surface area contributed by atoms with E-state index in [0.717, 1.165) is 22.5 Å². The second-order valence-electron chi connectivity index (χ2n) is 14.8. The lowest BCUT2D eigenvalue weighted by Crippen LogP contribution is -2.16. The van der Waals surface area contributed by atoms with Crippen molar-refractivity contribution in [2.75, 3.05) is 4.90 Å². The number of nitrogens with zero attached hydrogens (tertiary/aromatic N) is 1. The predicted octanol–water partition coefficient (Wildman–Crippen LogP) is 14.4. The van der Waals surface area contributed by atoms with Crippen molar-refractivity contribution in [1.29, 1.82) is 0 Å². The lowest BCUT2D eigenvalue weighted by Gasteiger charge is -2.31. The topological polar surface area (TPSA) is 16.4 Å². The summed E-state index contributed by atoms with van der Waals surface area (Å²) in [6, 6.07) is 64.1. The van der Waals surface area contributed by atoms with E-state index in [2.05, 4.69) is 195 Å². The Morgan fingerprint density at radius 1 is 0.396 bits per heavy atom. The largest absolute Gasteiger partial charge is 0.456 e. The Labute approximate surface area is 308 Å². The molecule has 0 aliphatic heterocycles. The smallest absolute Gasteiger partial charge is 0.136 e. The molecule has 0 spiro atoms. The summed E-state index contributed by atoms with van der Waals surface area (Å²) in [6.07, 6.45) is 0. The summed E-state index contributed by atoms with van der Waals surface area (Å²) in [5, 5.41) is 7.33. The molecule has 0 amide bonds. The molecule has 0 bridgehead atoms. The van der Waals surface area contributed by atoms with Gasteiger partial charge in [0.1, 0.15) is 11.2 Å². The quantitative estimate of drug-likeness (QED) is 0.169. The molecule has 0 unspecified atom stereocenters. The van der Waals surface area contributed by atoms with Crippen molar-refractivity contribution in [3.05, 3.63) is 187 Å². The number of furan rings is 1. The van der Waals surface area contributed by atoms with E-state index in [4.69, 9.17) is 4.42 Å². The van der Waals surface area contributed by atoms with Crippen LogP contribution in [0.1, 0.15) is 25.0 Å². The van der Waals surface area contributed by atoms with Gasteiger partial charge < -0.3 is 9.32 Å². The molecule has 0 fully saturated rings. The molecule has 10 aromatic rings. The van der Waals surface area contributed by atoms with E-state index in [1.165, 1.54) is 82.5 Å². The molecule has 0 radical (unpaired) electrons. The fraction of sp³-hybridized carbons (Fsp3) is 0.0588. The van der Waals surface area contributed by atoms with Gasteiger partial charge in [-0.1, -0.05) is 147 Å². The summed E-state index contributed by atoms with van der Waals surface area (Å²) in [5.74, 6) is 0. The third-order valence-corrected chi connectivity index (χ3v) is 11.6. The SMILES string of the molecule is CC1(C)c2ccccc2-c2c(N(c3ccc(-c4ccccc4)cc3)c3ccccc3-c3ccc4oc5cccc6c7ccccc7c3c4c56)cccc21. The highest BCUT2D eigenvalue weighted by molar-refractivity contribution is 6.35. The van der Waals surface area contributed by atoms with Gasteiger partial charge in [-0.3, -0.25) is 0 Å². The van der Waals surface area contributed by atoms with Crippen LogP contribution in [-0.2, 0) is 5.41 Å². The monoisotopic (exact) mass is 677 g/mol. The maximum absolute atomic E-state index is 6.53. The first-order valence-corrected chi connectivity index (χ1v) is 18.4. The summed E-state index contributed by atoms with van der Waals surface area (Å²) in [6.45, 7) is 4.71. The molecule has 2 heteroatoms. The lowest BCUT2D eigenvalue weighted by molar-refractivity contribution is 0.660. The van der Waals surface area contributed by atoms with Crippen LogP contribution in [0.4, 0.5) is 17.1 Å². The van der Waals surface area contributed by atoms with Crippen molar-refractivity contribution >= 4 is 60.5 Å². The second-order valence-corrected chi connectivity index (χ2v) is 14.8. The number of fused-ring (bicyclic) bond motifs is 6. The molecule has 9 aromatic carbocycles. The van der Waals surface area contributed by atoms with Crippen LogP contribution in [0.2, 0.25) is 0 Å². The molecular weight excluding hydrogens is 643 g/mol. The normalized spacial score (nSPS) is 13.2. The number of rotatable bonds is 5. The van der Waals surface area contributed by atoms with Crippen molar-refractivity contribution in [3.63, 3.8) is 0 Å². The van der Waals surface area contributed by atoms with Crippen LogP contribution < -0.4 is 4.90 Å². The van der Waals surface area contributed by atoms with Crippen LogP contribution in [0.25, 0.3) is 76.9 Å². The number of anilines is 3. The Morgan fingerprint density at radius 3 is 1.85 bits per heavy atom. The van der Waals surface area contributed by atoms with Crippen molar-refractivity contribution in [1.82, 2.24) is 0 Å². The van der Waals surface area contributed by atoms with Gasteiger partial charge >= 0.3 is 0 Å². The molecule has 1 heterocycles. The van der Waals surface area contributed by atoms with Crippen LogP contribution >= 0.6 is 0 Å². The molecule has 250 valence electrons. The van der Waals surface area contributed by atoms with E-state index in [1.807, 2.05) is 0 Å². The van der Waals surface area contributed by atoms with Crippen LogP contribution in [0.15, 0.2) is 180 Å². The van der Waals surface area contributed by atoms with Crippen molar-refractivity contribution in [3.8, 4) is 33.4 Å². The van der Waals surface area contributed by atoms with E-state index in [0.29, 0.717) is 0 Å². The molecule has 1 aliphatic carbocycles. The third kappa shape index (κ3) is 4.27. The maximum atomic E-state index is 6.53. The predicted molar refractivity (Wildman–Crippen MR) is 223 cm³/mol. The Kier molecular flexibility index (Phi) is 6.33. The average Bonchev–Trinajstić information content (AvgIpc) is 3.71. The first-order chi connectivity index (χ1) is 26.1. The van der Waals surface area contributed by atoms with E-state index < -0.39 is 0 Å². The van der Waals surface area contributed by atoms with Gasteiger partial charge in [0.2, 0.25) is 0 Å². The first kappa shape index (κ1) is 30.0. The minimum Gasteiger partial charge on any atom is -0.456 e. The first-order valence-electron chi connectivity index (χ1n) is 18.4. The minimum absolute atomic E-state index is 0.122. The van der Waals surface area contributed by atoms with Gasteiger partial charge in [0.05, 0.1) is 11.4 Å². The molecule has 0 saturated carbocycles. The van der Waals surface area contributed by atoms with Crippen LogP contribution in [-0.4, -0.2) is 0 Å². The number of benzene rings is 9. The zero-order valence-corrected chi connectivity index (χ0v) is 29.6. The highest BCUT2D eigenvalue weighted by Gasteiger charge is 2.38. The van der Waals surface area contributed by atoms with Crippen molar-refractivity contribution in [2.45, 2.75) is 19.3 Å². The lowest BCUT2D eigenvalue weighted by atomic mass is 9.82. The number of hydrogen-bond donors (Lipinski definition) is 0. The van der Waals surface area contributed by atoms with Gasteiger partial charge in [-0.25, -0.2) is 0 Å². The Morgan fingerprint density at radius 2 is 1.00 bits per heavy atom. The second kappa shape index (κ2) is 11.2. The fourth-order valence-corrected chi connectivity index (χ4v) is 9.23. The van der Waals surface area contributed by atoms with Gasteiger partial charge in [0.25, 0.3) is 0 Å². The maximum Gasteiger partial charge on any atom is 0.136 e. The molecule has 2 nitrogen and oxygen atoms in total. The van der Waals surface area contributed by atoms with E-state index in [-0.39, 0.29) is 5.41 Å². The average molecular weight is 678 g/mol. The third-order valence-electron chi connectivity index (χ3n) is 11.6. The molecular formula is C51H35NO. The van der Waals surface area contributed by atoms with Gasteiger partial charge in [0, 0.05) is 38.4 Å². The molecule has 0 saturated heterocycles. The zero-order valence-electron chi connectivity index (χ0n) is 29.6. The van der Waals surface area contributed by atoms with E-state index in [9.17, 15) is 0 Å². The molecule has 1 aliphatic rings. The highest BCUT2D eigenvalue weighted by atomic mass is 16.3. The Balaban J connectivity index is 1.22. The van der Waals surface area contributed by atoms with Gasteiger partial charge in [0.15, 0.2) is 0 Å². The van der Waals surface area contributed by atoms with Crippen molar-refractivity contribution in [2.24, 2.45) is 0 Å². The fourth-order valence-electron chi connectivity index (χ4n) is 9.23. The van der Waals surface area contributed by atoms with Gasteiger partial charge in [-0.15, -0.1) is 0 Å². The van der Waals surface area contributed by atoms with Crippen LogP contribution in [0, 0.1) is 0 Å². The summed E-state index contributed by atoms with van der Waals surface area (Å²) < 4.78 is 6.53. The minimum atomic E-state index is -0.122. The molecule has 0 atom stereocenters. The summed E-state index contributed by atoms with van der Waals surface area (Å²) in [4.78, 5) is 2.49. The molecule has 0 N–H and O–H groups in total. The zero-order chi connectivity index (χ0) is 35.3. The number of hydrogen-bond acceptors (Lipinski definition) is 2. The van der Waals surface area contributed by atoms with Crippen LogP contribution in [0.3, 0.4) is 0 Å². The summed E-state index contributed by atoms with van der Waals surface area (Å²) in [5.41, 5.74) is 15.2. The molecule has 53 heavy (non-hydrogen) atoms. The Bertz CT molecular complexity index is 3020. The summed E-state index contributed by atoms with van der Waals surface area (Å²) in [7, 11) is 0. The molecule has 1 aromatic heterocycles. The Hall–Kier alpha value is -6.64. The standard InChI is InChI=1S/C51H35NO/c1-51(2)41-21-10-8-19-40(41)48-42(51)22-13-24-44(48)52(34-28-26-33(27-29-34)32-14-4-3-5-15-32)43-23-11-9-17-36(43)39-30-31-46-50-47(39)37-18-7-6-16-35(37)38-20-12-25-45(53-46)49(38)50/h3-31H,1-2H3. The van der Waals surface area contributed by atoms with Crippen molar-refractivity contribution < 1.29 is 4.42 Å². The molecule has 11 rings (SSSR count). The van der Waals surface area contributed by atoms with E-state index in [1.54, 1.807) is 0 Å². The van der Waals surface area contributed by atoms with Crippen LogP contribution in [0.5, 0.6) is 0 Å². The number of para-hydroxylation sites is 1. The van der Waals surface area contributed by atoms with E-state index >= 15 is 0 Å². The van der Waals surface area contributed by atoms with Gasteiger partial charge in [-0.05, 0) is 92.0 Å². The summed E-state index contributed by atoms with van der Waals surface area (Å²) >= 11 is 0.